The van der Waals surface area contributed by atoms with Crippen molar-refractivity contribution in [3.8, 4) is 0 Å². The van der Waals surface area contributed by atoms with Crippen molar-refractivity contribution < 1.29 is 103 Å². The Morgan fingerprint density at radius 2 is 0.812 bits per heavy atom. The largest absolute Gasteiger partial charge is 0.394 e. The van der Waals surface area contributed by atoms with Gasteiger partial charge in [0.25, 0.3) is 0 Å². The Labute approximate surface area is 398 Å². The Morgan fingerprint density at radius 1 is 0.420 bits per heavy atom. The van der Waals surface area contributed by atoms with Crippen LogP contribution in [-0.2, 0) is 71.9 Å². The third-order valence-corrected chi connectivity index (χ3v) is 12.3. The first-order valence-electron chi connectivity index (χ1n) is 22.8. The lowest BCUT2D eigenvalue weighted by Crippen LogP contribution is -2.68. The van der Waals surface area contributed by atoms with E-state index in [-0.39, 0.29) is 33.0 Å². The van der Waals surface area contributed by atoms with Crippen LogP contribution in [0.1, 0.15) is 16.7 Å². The van der Waals surface area contributed by atoms with Crippen LogP contribution in [0.4, 0.5) is 0 Å². The molecule has 10 N–H and O–H groups in total. The zero-order valence-corrected chi connectivity index (χ0v) is 37.6. The lowest BCUT2D eigenvalue weighted by atomic mass is 9.95. The fourth-order valence-electron chi connectivity index (χ4n) is 8.62. The molecule has 20 atom stereocenters. The number of ether oxygens (including phenoxy) is 11. The monoisotopic (exact) mass is 976 g/mol. The highest BCUT2D eigenvalue weighted by molar-refractivity contribution is 5.16. The molecule has 4 heterocycles. The SMILES string of the molecule is C=CCO[C@@H]1C(O)[C@@H](O[C@@H]2C(O)[C@@H](O[C@@H]3C(O)[C@@H](OC4[C@@H](OCc5ccccc5)[C@H](OCc5ccccc5)C(COCc5ccccc5)O[C@@H]4O)OC(CO)[C@H]3O)OC(CO)[C@H]2O)OC(CO)[C@H]1O. The van der Waals surface area contributed by atoms with E-state index in [9.17, 15) is 51.1 Å². The summed E-state index contributed by atoms with van der Waals surface area (Å²) in [6.07, 6.45) is -30.9. The molecule has 4 aliphatic heterocycles. The smallest absolute Gasteiger partial charge is 0.187 e. The molecule has 69 heavy (non-hydrogen) atoms. The van der Waals surface area contributed by atoms with Crippen molar-refractivity contribution in [3.63, 3.8) is 0 Å². The molecule has 0 amide bonds. The highest BCUT2D eigenvalue weighted by Crippen LogP contribution is 2.36. The van der Waals surface area contributed by atoms with Crippen LogP contribution >= 0.6 is 0 Å². The minimum Gasteiger partial charge on any atom is -0.394 e. The van der Waals surface area contributed by atoms with Gasteiger partial charge in [-0.2, -0.15) is 0 Å². The molecule has 3 aromatic carbocycles. The zero-order chi connectivity index (χ0) is 49.0. The molecule has 7 rings (SSSR count). The minimum absolute atomic E-state index is 0.00333. The summed E-state index contributed by atoms with van der Waals surface area (Å²) in [5, 5.41) is 110. The van der Waals surface area contributed by atoms with Crippen molar-refractivity contribution in [3.05, 3.63) is 120 Å². The lowest BCUT2D eigenvalue weighted by Gasteiger charge is -2.49. The predicted octanol–water partition coefficient (Wildman–Crippen LogP) is -1.86. The zero-order valence-electron chi connectivity index (χ0n) is 37.6. The highest BCUT2D eigenvalue weighted by Gasteiger charge is 2.56. The molecular weight excluding hydrogens is 913 g/mol. The van der Waals surface area contributed by atoms with E-state index in [1.165, 1.54) is 6.08 Å². The minimum atomic E-state index is -2.02. The Balaban J connectivity index is 1.12. The van der Waals surface area contributed by atoms with Crippen molar-refractivity contribution in [2.45, 2.75) is 143 Å². The summed E-state index contributed by atoms with van der Waals surface area (Å²) in [5.41, 5.74) is 2.47. The van der Waals surface area contributed by atoms with Gasteiger partial charge in [0.05, 0.1) is 52.9 Å². The average Bonchev–Trinajstić information content (AvgIpc) is 3.36. The molecule has 0 spiro atoms. The molecule has 4 saturated heterocycles. The predicted molar refractivity (Wildman–Crippen MR) is 235 cm³/mol. The first kappa shape index (κ1) is 53.4. The quantitative estimate of drug-likeness (QED) is 0.0494. The van der Waals surface area contributed by atoms with Crippen LogP contribution in [0.15, 0.2) is 104 Å². The number of hydrogen-bond acceptors (Lipinski definition) is 21. The fraction of sp³-hybridized carbons (Fsp3) is 0.583. The standard InChI is InChI=1S/C48H64O21/c1-2-18-60-40-33(52)29(19-49)64-46(36(40)55)67-41-34(53)30(20-50)65-47(37(41)56)68-42-35(54)31(21-51)66-48(38(42)57)69-44-43(62-24-28-16-10-5-11-17-28)39(61-23-27-14-8-4-9-15-27)32(63-45(44)58)25-59-22-26-12-6-3-7-13-26/h2-17,29-58H,1,18-25H2/t29?,30?,31?,32?,33-,34-,35-,36?,37?,38?,39-,40+,41+,42+,43+,44?,45+,46-,47-,48-/m1/s1. The Hall–Kier alpha value is -3.44. The van der Waals surface area contributed by atoms with E-state index >= 15 is 0 Å². The number of aliphatic hydroxyl groups is 10. The van der Waals surface area contributed by atoms with Gasteiger partial charge in [0.1, 0.15) is 97.7 Å². The van der Waals surface area contributed by atoms with E-state index in [2.05, 4.69) is 6.58 Å². The summed E-state index contributed by atoms with van der Waals surface area (Å²) < 4.78 is 66.2. The van der Waals surface area contributed by atoms with Gasteiger partial charge in [-0.05, 0) is 16.7 Å². The van der Waals surface area contributed by atoms with Crippen molar-refractivity contribution in [2.24, 2.45) is 0 Å². The van der Waals surface area contributed by atoms with Crippen LogP contribution in [0.25, 0.3) is 0 Å². The van der Waals surface area contributed by atoms with Crippen LogP contribution in [0.3, 0.4) is 0 Å². The van der Waals surface area contributed by atoms with Crippen molar-refractivity contribution >= 4 is 0 Å². The second-order valence-electron chi connectivity index (χ2n) is 17.1. The van der Waals surface area contributed by atoms with Gasteiger partial charge in [0.15, 0.2) is 25.2 Å². The summed E-state index contributed by atoms with van der Waals surface area (Å²) >= 11 is 0. The van der Waals surface area contributed by atoms with Crippen LogP contribution in [0, 0.1) is 0 Å². The van der Waals surface area contributed by atoms with Gasteiger partial charge in [-0.25, -0.2) is 0 Å². The third kappa shape index (κ3) is 13.2. The van der Waals surface area contributed by atoms with Gasteiger partial charge in [-0.3, -0.25) is 0 Å². The average molecular weight is 977 g/mol. The van der Waals surface area contributed by atoms with Gasteiger partial charge in [-0.15, -0.1) is 6.58 Å². The summed E-state index contributed by atoms with van der Waals surface area (Å²) in [6.45, 7) is 1.20. The van der Waals surface area contributed by atoms with Crippen LogP contribution in [-0.4, -0.2) is 207 Å². The number of rotatable bonds is 22. The molecule has 3 aromatic rings. The summed E-state index contributed by atoms with van der Waals surface area (Å²) in [7, 11) is 0. The summed E-state index contributed by atoms with van der Waals surface area (Å²) in [5.74, 6) is 0. The van der Waals surface area contributed by atoms with E-state index in [0.29, 0.717) is 0 Å². The van der Waals surface area contributed by atoms with Gasteiger partial charge < -0.3 is 103 Å². The Bertz CT molecular complexity index is 1940. The van der Waals surface area contributed by atoms with E-state index < -0.39 is 143 Å². The van der Waals surface area contributed by atoms with Crippen LogP contribution < -0.4 is 0 Å². The molecule has 4 fully saturated rings. The first-order chi connectivity index (χ1) is 33.5. The topological polar surface area (TPSA) is 304 Å². The van der Waals surface area contributed by atoms with E-state index in [1.54, 1.807) is 0 Å². The molecule has 0 radical (unpaired) electrons. The third-order valence-electron chi connectivity index (χ3n) is 12.3. The molecular formula is C48H64O21. The van der Waals surface area contributed by atoms with Crippen molar-refractivity contribution in [2.75, 3.05) is 33.0 Å². The maximum Gasteiger partial charge on any atom is 0.187 e. The molecule has 0 bridgehead atoms. The van der Waals surface area contributed by atoms with Gasteiger partial charge >= 0.3 is 0 Å². The number of benzene rings is 3. The Morgan fingerprint density at radius 3 is 1.25 bits per heavy atom. The number of aliphatic hydroxyl groups excluding tert-OH is 10. The normalized spacial score (nSPS) is 38.4. The van der Waals surface area contributed by atoms with Crippen molar-refractivity contribution in [1.29, 1.82) is 0 Å². The van der Waals surface area contributed by atoms with Crippen LogP contribution in [0.2, 0.25) is 0 Å². The highest BCUT2D eigenvalue weighted by atomic mass is 16.8. The molecule has 382 valence electrons. The molecule has 4 aliphatic rings. The summed E-state index contributed by atoms with van der Waals surface area (Å²) in [4.78, 5) is 0. The van der Waals surface area contributed by atoms with Gasteiger partial charge in [0.2, 0.25) is 0 Å². The van der Waals surface area contributed by atoms with Gasteiger partial charge in [0, 0.05) is 0 Å². The van der Waals surface area contributed by atoms with Crippen LogP contribution in [0.5, 0.6) is 0 Å². The number of hydrogen-bond donors (Lipinski definition) is 10. The second-order valence-corrected chi connectivity index (χ2v) is 17.1. The fourth-order valence-corrected chi connectivity index (χ4v) is 8.62. The molecule has 21 heteroatoms. The van der Waals surface area contributed by atoms with Gasteiger partial charge in [-0.1, -0.05) is 97.1 Å². The van der Waals surface area contributed by atoms with E-state index in [0.717, 1.165) is 16.7 Å². The second kappa shape index (κ2) is 25.8. The first-order valence-corrected chi connectivity index (χ1v) is 22.8. The maximum atomic E-state index is 11.9. The lowest BCUT2D eigenvalue weighted by molar-refractivity contribution is -0.394. The molecule has 21 nitrogen and oxygen atoms in total. The Kier molecular flexibility index (Phi) is 19.9. The van der Waals surface area contributed by atoms with E-state index in [1.807, 2.05) is 91.0 Å². The van der Waals surface area contributed by atoms with Crippen molar-refractivity contribution in [1.82, 2.24) is 0 Å². The molecule has 0 aliphatic carbocycles. The maximum absolute atomic E-state index is 11.9. The molecule has 0 saturated carbocycles. The molecule has 8 unspecified atom stereocenters. The van der Waals surface area contributed by atoms with E-state index in [4.69, 9.17) is 52.1 Å². The molecule has 0 aromatic heterocycles. The summed E-state index contributed by atoms with van der Waals surface area (Å²) in [6, 6.07) is 27.9.